The number of nitrogens with one attached hydrogen (secondary N) is 1. The highest BCUT2D eigenvalue weighted by Gasteiger charge is 2.20. The van der Waals surface area contributed by atoms with Gasteiger partial charge < -0.3 is 5.32 Å². The molecule has 0 bridgehead atoms. The lowest BCUT2D eigenvalue weighted by Gasteiger charge is -2.11. The van der Waals surface area contributed by atoms with Crippen LogP contribution >= 0.6 is 15.9 Å². The molecule has 5 aromatic rings. The number of carbonyl (C=O) groups is 1. The summed E-state index contributed by atoms with van der Waals surface area (Å²) in [7, 11) is 0. The van der Waals surface area contributed by atoms with Gasteiger partial charge in [-0.25, -0.2) is 9.67 Å². The molecule has 1 N–H and O–H groups in total. The fourth-order valence-electron chi connectivity index (χ4n) is 3.78. The minimum absolute atomic E-state index is 0.113. The molecule has 33 heavy (non-hydrogen) atoms. The number of aryl methyl sites for hydroxylation is 1. The second kappa shape index (κ2) is 8.64. The zero-order chi connectivity index (χ0) is 22.9. The second-order valence-electron chi connectivity index (χ2n) is 7.91. The van der Waals surface area contributed by atoms with Gasteiger partial charge in [0.2, 0.25) is 5.82 Å². The number of hydrogen-bond donors (Lipinski definition) is 1. The molecule has 0 spiro atoms. The Balaban J connectivity index is 1.56. The minimum Gasteiger partial charge on any atom is -0.319 e. The molecule has 0 aliphatic carbocycles. The van der Waals surface area contributed by atoms with Crippen LogP contribution in [0.1, 0.15) is 21.7 Å². The topological polar surface area (TPSA) is 59.8 Å². The molecule has 1 amide bonds. The number of fused-ring (bicyclic) bond motifs is 1. The van der Waals surface area contributed by atoms with Crippen LogP contribution in [0.4, 0.5) is 5.69 Å². The van der Waals surface area contributed by atoms with E-state index in [1.807, 2.05) is 85.8 Å². The molecule has 162 valence electrons. The van der Waals surface area contributed by atoms with E-state index in [0.717, 1.165) is 37.6 Å². The molecule has 0 unspecified atom stereocenters. The van der Waals surface area contributed by atoms with Crippen molar-refractivity contribution in [2.75, 3.05) is 5.32 Å². The van der Waals surface area contributed by atoms with Gasteiger partial charge in [-0.3, -0.25) is 4.79 Å². The van der Waals surface area contributed by atoms with E-state index >= 15 is 0 Å². The number of anilines is 1. The molecular weight excluding hydrogens is 476 g/mol. The molecule has 1 heterocycles. The van der Waals surface area contributed by atoms with Crippen LogP contribution in [0.15, 0.2) is 89.4 Å². The van der Waals surface area contributed by atoms with Crippen LogP contribution in [-0.2, 0) is 0 Å². The van der Waals surface area contributed by atoms with E-state index < -0.39 is 0 Å². The average Bonchev–Trinajstić information content (AvgIpc) is 3.27. The van der Waals surface area contributed by atoms with Crippen molar-refractivity contribution in [2.45, 2.75) is 13.8 Å². The summed E-state index contributed by atoms with van der Waals surface area (Å²) < 4.78 is 2.72. The Labute approximate surface area is 200 Å². The minimum atomic E-state index is -0.354. The molecule has 0 atom stereocenters. The number of benzene rings is 4. The predicted octanol–water partition coefficient (Wildman–Crippen LogP) is 6.72. The third-order valence-electron chi connectivity index (χ3n) is 5.72. The van der Waals surface area contributed by atoms with Crippen LogP contribution in [0.5, 0.6) is 0 Å². The van der Waals surface area contributed by atoms with Crippen LogP contribution in [0.2, 0.25) is 0 Å². The molecule has 5 rings (SSSR count). The molecule has 4 aromatic carbocycles. The molecule has 0 fully saturated rings. The fourth-order valence-corrected chi connectivity index (χ4v) is 4.05. The molecule has 6 heteroatoms. The summed E-state index contributed by atoms with van der Waals surface area (Å²) in [5.41, 5.74) is 4.70. The van der Waals surface area contributed by atoms with Gasteiger partial charge in [0.25, 0.3) is 5.91 Å². The van der Waals surface area contributed by atoms with Crippen molar-refractivity contribution in [3.8, 4) is 17.1 Å². The number of hydrogen-bond acceptors (Lipinski definition) is 3. The Morgan fingerprint density at radius 1 is 0.879 bits per heavy atom. The zero-order valence-corrected chi connectivity index (χ0v) is 19.8. The van der Waals surface area contributed by atoms with Gasteiger partial charge in [0.15, 0.2) is 5.82 Å². The van der Waals surface area contributed by atoms with Gasteiger partial charge in [0.1, 0.15) is 0 Å². The van der Waals surface area contributed by atoms with Gasteiger partial charge in [0.05, 0.1) is 5.69 Å². The predicted molar refractivity (Wildman–Crippen MR) is 136 cm³/mol. The number of aromatic nitrogens is 3. The van der Waals surface area contributed by atoms with Crippen molar-refractivity contribution < 1.29 is 4.79 Å². The first-order valence-electron chi connectivity index (χ1n) is 10.6. The maximum Gasteiger partial charge on any atom is 0.295 e. The van der Waals surface area contributed by atoms with Crippen molar-refractivity contribution >= 4 is 38.3 Å². The number of nitrogens with zero attached hydrogens (tertiary/aromatic N) is 3. The highest BCUT2D eigenvalue weighted by Crippen LogP contribution is 2.26. The van der Waals surface area contributed by atoms with Gasteiger partial charge in [-0.15, -0.1) is 5.10 Å². The summed E-state index contributed by atoms with van der Waals surface area (Å²) in [5, 5.41) is 9.74. The highest BCUT2D eigenvalue weighted by molar-refractivity contribution is 9.10. The number of carbonyl (C=O) groups excluding carboxylic acids is 1. The van der Waals surface area contributed by atoms with Crippen LogP contribution in [0.25, 0.3) is 27.8 Å². The van der Waals surface area contributed by atoms with Crippen molar-refractivity contribution in [3.63, 3.8) is 0 Å². The summed E-state index contributed by atoms with van der Waals surface area (Å²) >= 11 is 3.48. The van der Waals surface area contributed by atoms with Crippen molar-refractivity contribution in [3.05, 3.63) is 106 Å². The average molecular weight is 497 g/mol. The van der Waals surface area contributed by atoms with Gasteiger partial charge >= 0.3 is 0 Å². The summed E-state index contributed by atoms with van der Waals surface area (Å²) in [6, 6.07) is 27.7. The first-order chi connectivity index (χ1) is 16.0. The highest BCUT2D eigenvalue weighted by atomic mass is 79.9. The van der Waals surface area contributed by atoms with E-state index in [9.17, 15) is 4.79 Å². The smallest absolute Gasteiger partial charge is 0.295 e. The van der Waals surface area contributed by atoms with Crippen molar-refractivity contribution in [2.24, 2.45) is 0 Å². The van der Waals surface area contributed by atoms with Gasteiger partial charge in [-0.2, -0.15) is 0 Å². The van der Waals surface area contributed by atoms with E-state index in [1.165, 1.54) is 0 Å². The van der Waals surface area contributed by atoms with E-state index in [-0.39, 0.29) is 11.7 Å². The molecule has 0 saturated heterocycles. The second-order valence-corrected chi connectivity index (χ2v) is 8.83. The third kappa shape index (κ3) is 4.17. The summed E-state index contributed by atoms with van der Waals surface area (Å²) in [6.07, 6.45) is 0. The molecule has 0 aliphatic heterocycles. The first kappa shape index (κ1) is 21.1. The van der Waals surface area contributed by atoms with E-state index in [4.69, 9.17) is 0 Å². The molecule has 5 nitrogen and oxygen atoms in total. The van der Waals surface area contributed by atoms with Crippen LogP contribution in [0, 0.1) is 13.8 Å². The Bertz CT molecular complexity index is 1490. The first-order valence-corrected chi connectivity index (χ1v) is 11.4. The molecule has 0 radical (unpaired) electrons. The largest absolute Gasteiger partial charge is 0.319 e. The lowest BCUT2D eigenvalue weighted by molar-refractivity contribution is 0.101. The Morgan fingerprint density at radius 3 is 2.42 bits per heavy atom. The molecule has 1 aromatic heterocycles. The van der Waals surface area contributed by atoms with E-state index in [1.54, 1.807) is 4.68 Å². The van der Waals surface area contributed by atoms with E-state index in [2.05, 4.69) is 44.3 Å². The van der Waals surface area contributed by atoms with Crippen LogP contribution < -0.4 is 5.32 Å². The maximum absolute atomic E-state index is 13.1. The number of rotatable bonds is 4. The summed E-state index contributed by atoms with van der Waals surface area (Å²) in [6.45, 7) is 4.11. The standard InChI is InChI=1S/C27H21BrN4O/c1-17-6-5-9-24(18(17)2)32-26(20-10-13-22(28)14-11-20)30-25(31-32)27(33)29-23-15-12-19-7-3-4-8-21(19)16-23/h3-16H,1-2H3,(H,29,33). The summed E-state index contributed by atoms with van der Waals surface area (Å²) in [4.78, 5) is 17.8. The molecule has 0 aliphatic rings. The fraction of sp³-hybridized carbons (Fsp3) is 0.0741. The lowest BCUT2D eigenvalue weighted by Crippen LogP contribution is -2.14. The van der Waals surface area contributed by atoms with Crippen LogP contribution in [0.3, 0.4) is 0 Å². The summed E-state index contributed by atoms with van der Waals surface area (Å²) in [5.74, 6) is 0.370. The number of amides is 1. The Kier molecular flexibility index (Phi) is 5.52. The van der Waals surface area contributed by atoms with Crippen molar-refractivity contribution in [1.29, 1.82) is 0 Å². The maximum atomic E-state index is 13.1. The van der Waals surface area contributed by atoms with Crippen LogP contribution in [-0.4, -0.2) is 20.7 Å². The van der Waals surface area contributed by atoms with Gasteiger partial charge in [-0.05, 0) is 66.1 Å². The quantitative estimate of drug-likeness (QED) is 0.300. The van der Waals surface area contributed by atoms with Gasteiger partial charge in [0, 0.05) is 15.7 Å². The SMILES string of the molecule is Cc1cccc(-n2nc(C(=O)Nc3ccc4ccccc4c3)nc2-c2ccc(Br)cc2)c1C. The van der Waals surface area contributed by atoms with Crippen molar-refractivity contribution in [1.82, 2.24) is 14.8 Å². The van der Waals surface area contributed by atoms with Gasteiger partial charge in [-0.1, -0.05) is 70.5 Å². The third-order valence-corrected chi connectivity index (χ3v) is 6.25. The Morgan fingerprint density at radius 2 is 1.64 bits per heavy atom. The Hall–Kier alpha value is -3.77. The zero-order valence-electron chi connectivity index (χ0n) is 18.2. The normalized spacial score (nSPS) is 11.0. The molecule has 0 saturated carbocycles. The molecular formula is C27H21BrN4O. The monoisotopic (exact) mass is 496 g/mol. The van der Waals surface area contributed by atoms with E-state index in [0.29, 0.717) is 11.5 Å². The number of halogens is 1. The lowest BCUT2D eigenvalue weighted by atomic mass is 10.1.